The van der Waals surface area contributed by atoms with Gasteiger partial charge in [-0.3, -0.25) is 0 Å². The lowest BCUT2D eigenvalue weighted by molar-refractivity contribution is 0.596. The van der Waals surface area contributed by atoms with Gasteiger partial charge in [0, 0.05) is 12.4 Å². The van der Waals surface area contributed by atoms with E-state index in [0.717, 1.165) is 16.3 Å². The number of nitrogens with zero attached hydrogens (tertiary/aromatic N) is 2. The summed E-state index contributed by atoms with van der Waals surface area (Å²) in [7, 11) is 0.295. The highest BCUT2D eigenvalue weighted by Gasteiger charge is 2.37. The summed E-state index contributed by atoms with van der Waals surface area (Å²) in [6, 6.07) is 48.4. The molecule has 0 atom stereocenters. The van der Waals surface area contributed by atoms with Crippen molar-refractivity contribution in [3.63, 3.8) is 0 Å². The molecule has 0 N–H and O–H groups in total. The average Bonchev–Trinajstić information content (AvgIpc) is 3.58. The van der Waals surface area contributed by atoms with Crippen molar-refractivity contribution in [2.24, 2.45) is 0 Å². The highest BCUT2D eigenvalue weighted by molar-refractivity contribution is 6.89. The topological polar surface area (TPSA) is 17.8 Å². The molecule has 0 aliphatic rings. The van der Waals surface area contributed by atoms with E-state index in [9.17, 15) is 4.39 Å². The third-order valence-corrected chi connectivity index (χ3v) is 8.77. The van der Waals surface area contributed by atoms with Gasteiger partial charge in [-0.15, -0.1) is 12.6 Å². The Balaban J connectivity index is 0.000000191. The summed E-state index contributed by atoms with van der Waals surface area (Å²) in [4.78, 5) is 4.29. The minimum atomic E-state index is -0.479. The van der Waals surface area contributed by atoms with Crippen molar-refractivity contribution in [2.75, 3.05) is 0 Å². The fraction of sp³-hybridized carbons (Fsp3) is 0.0278. The van der Waals surface area contributed by atoms with Gasteiger partial charge in [-0.2, -0.15) is 0 Å². The van der Waals surface area contributed by atoms with E-state index in [4.69, 9.17) is 0 Å². The van der Waals surface area contributed by atoms with Crippen LogP contribution in [0.5, 0.6) is 0 Å². The Morgan fingerprint density at radius 1 is 0.683 bits per heavy atom. The number of aromatic nitrogens is 2. The predicted molar refractivity (Wildman–Crippen MR) is 171 cm³/mol. The molecule has 6 rings (SSSR count). The van der Waals surface area contributed by atoms with Crippen LogP contribution in [0.4, 0.5) is 4.39 Å². The Morgan fingerprint density at radius 2 is 1.20 bits per heavy atom. The lowest BCUT2D eigenvalue weighted by atomic mass is 9.41. The fourth-order valence-corrected chi connectivity index (χ4v) is 6.74. The number of imidazole rings is 1. The van der Waals surface area contributed by atoms with Crippen LogP contribution in [-0.2, 0) is 5.16 Å². The van der Waals surface area contributed by atoms with E-state index in [1.54, 1.807) is 18.3 Å². The standard InChI is InChI=1S/C22H17FN2Si.C14H13B/c23-20-12-7-13-21(16-20)26-22(25-15-14-24-17-25,18-8-3-1-4-9-18)19-10-5-2-6-11-19;1-2-15(13-9-5-3-6-10-13)14-11-7-4-8-12-14/h1-17H;2-12H,1H2. The molecule has 2 nitrogen and oxygen atoms in total. The molecule has 0 saturated carbocycles. The second-order valence-electron chi connectivity index (χ2n) is 9.58. The molecule has 1 heterocycles. The molecule has 0 aliphatic carbocycles. The van der Waals surface area contributed by atoms with Gasteiger partial charge in [0.2, 0.25) is 6.71 Å². The molecule has 41 heavy (non-hydrogen) atoms. The summed E-state index contributed by atoms with van der Waals surface area (Å²) in [5, 5.41) is 0.485. The van der Waals surface area contributed by atoms with Crippen LogP contribution in [0.25, 0.3) is 0 Å². The van der Waals surface area contributed by atoms with Crippen LogP contribution in [0.15, 0.2) is 177 Å². The molecule has 0 fully saturated rings. The molecular weight excluding hydrogens is 518 g/mol. The second-order valence-corrected chi connectivity index (χ2v) is 11.1. The van der Waals surface area contributed by atoms with Crippen molar-refractivity contribution < 1.29 is 4.39 Å². The van der Waals surface area contributed by atoms with Gasteiger partial charge in [-0.05, 0) is 23.3 Å². The van der Waals surface area contributed by atoms with Crippen LogP contribution in [0.1, 0.15) is 11.1 Å². The van der Waals surface area contributed by atoms with Gasteiger partial charge in [0.05, 0.1) is 11.5 Å². The van der Waals surface area contributed by atoms with Gasteiger partial charge in [0.15, 0.2) is 0 Å². The summed E-state index contributed by atoms with van der Waals surface area (Å²) in [6.07, 6.45) is 5.61. The van der Waals surface area contributed by atoms with Gasteiger partial charge in [0.1, 0.15) is 15.3 Å². The monoisotopic (exact) mass is 548 g/mol. The van der Waals surface area contributed by atoms with Gasteiger partial charge in [-0.1, -0.05) is 150 Å². The Kier molecular flexibility index (Phi) is 9.20. The maximum Gasteiger partial charge on any atom is 0.233 e. The third kappa shape index (κ3) is 6.54. The summed E-state index contributed by atoms with van der Waals surface area (Å²) in [5.74, 6) is 1.78. The highest BCUT2D eigenvalue weighted by Crippen LogP contribution is 2.33. The van der Waals surface area contributed by atoms with Gasteiger partial charge in [-0.25, -0.2) is 9.37 Å². The molecule has 5 heteroatoms. The van der Waals surface area contributed by atoms with Crippen LogP contribution in [0.2, 0.25) is 0 Å². The van der Waals surface area contributed by atoms with E-state index in [-0.39, 0.29) is 5.82 Å². The molecule has 0 saturated heterocycles. The first-order valence-electron chi connectivity index (χ1n) is 13.6. The molecular formula is C36H30BFN2Si. The summed E-state index contributed by atoms with van der Waals surface area (Å²) in [5.41, 5.74) is 4.87. The van der Waals surface area contributed by atoms with Crippen molar-refractivity contribution in [2.45, 2.75) is 5.16 Å². The van der Waals surface area contributed by atoms with E-state index >= 15 is 0 Å². The second kappa shape index (κ2) is 13.6. The largest absolute Gasteiger partial charge is 0.326 e. The quantitative estimate of drug-likeness (QED) is 0.219. The Hall–Kier alpha value is -4.74. The van der Waals surface area contributed by atoms with Crippen LogP contribution in [-0.4, -0.2) is 25.8 Å². The van der Waals surface area contributed by atoms with Crippen molar-refractivity contribution in [3.8, 4) is 0 Å². The SMILES string of the molecule is C=CB(c1ccccc1)c1ccccc1.Fc1cccc([Si]C(c2ccccc2)(c2ccccc2)n2ccnc2)c1. The van der Waals surface area contributed by atoms with Gasteiger partial charge < -0.3 is 4.57 Å². The van der Waals surface area contributed by atoms with E-state index in [1.807, 2.05) is 73.1 Å². The molecule has 2 radical (unpaired) electrons. The van der Waals surface area contributed by atoms with Crippen molar-refractivity contribution in [1.82, 2.24) is 9.55 Å². The summed E-state index contributed by atoms with van der Waals surface area (Å²) >= 11 is 0. The maximum absolute atomic E-state index is 13.9. The summed E-state index contributed by atoms with van der Waals surface area (Å²) < 4.78 is 16.0. The van der Waals surface area contributed by atoms with Crippen LogP contribution in [0.3, 0.4) is 0 Å². The van der Waals surface area contributed by atoms with Crippen molar-refractivity contribution in [1.29, 1.82) is 0 Å². The molecule has 198 valence electrons. The molecule has 5 aromatic carbocycles. The van der Waals surface area contributed by atoms with E-state index < -0.39 is 5.16 Å². The van der Waals surface area contributed by atoms with Crippen molar-refractivity contribution >= 4 is 32.3 Å². The zero-order valence-electron chi connectivity index (χ0n) is 22.7. The lowest BCUT2D eigenvalue weighted by Gasteiger charge is -2.36. The average molecular weight is 549 g/mol. The molecule has 1 aromatic heterocycles. The number of hydrogen-bond acceptors (Lipinski definition) is 1. The Morgan fingerprint density at radius 3 is 1.63 bits per heavy atom. The lowest BCUT2D eigenvalue weighted by Crippen LogP contribution is -2.46. The smallest absolute Gasteiger partial charge is 0.233 e. The van der Waals surface area contributed by atoms with E-state index in [1.165, 1.54) is 17.0 Å². The van der Waals surface area contributed by atoms with Gasteiger partial charge >= 0.3 is 0 Å². The number of rotatable bonds is 8. The molecule has 0 bridgehead atoms. The number of benzene rings is 5. The number of hydrogen-bond donors (Lipinski definition) is 0. The first-order chi connectivity index (χ1) is 20.2. The van der Waals surface area contributed by atoms with Gasteiger partial charge in [0.25, 0.3) is 0 Å². The third-order valence-electron chi connectivity index (χ3n) is 6.98. The minimum absolute atomic E-state index is 0.212. The summed E-state index contributed by atoms with van der Waals surface area (Å²) in [6.45, 7) is 4.21. The zero-order chi connectivity index (χ0) is 28.3. The Bertz CT molecular complexity index is 1550. The first kappa shape index (κ1) is 27.8. The molecule has 0 aliphatic heterocycles. The molecule has 6 aromatic rings. The van der Waals surface area contributed by atoms with E-state index in [0.29, 0.717) is 16.2 Å². The van der Waals surface area contributed by atoms with Crippen LogP contribution in [0, 0.1) is 5.82 Å². The molecule has 0 unspecified atom stereocenters. The Labute approximate surface area is 244 Å². The minimum Gasteiger partial charge on any atom is -0.326 e. The first-order valence-corrected chi connectivity index (χ1v) is 14.6. The normalized spacial score (nSPS) is 10.8. The van der Waals surface area contributed by atoms with Crippen LogP contribution < -0.4 is 16.1 Å². The maximum atomic E-state index is 13.9. The molecule has 0 amide bonds. The van der Waals surface area contributed by atoms with Crippen molar-refractivity contribution in [3.05, 3.63) is 194 Å². The van der Waals surface area contributed by atoms with E-state index in [2.05, 4.69) is 88.9 Å². The zero-order valence-corrected chi connectivity index (χ0v) is 23.7. The highest BCUT2D eigenvalue weighted by atomic mass is 28.2. The predicted octanol–water partition coefficient (Wildman–Crippen LogP) is 5.82. The number of halogens is 1. The molecule has 0 spiro atoms. The van der Waals surface area contributed by atoms with Crippen LogP contribution >= 0.6 is 0 Å². The fourth-order valence-electron chi connectivity index (χ4n) is 5.05.